The Morgan fingerprint density at radius 3 is 2.45 bits per heavy atom. The maximum absolute atomic E-state index is 12.9. The second-order valence-electron chi connectivity index (χ2n) is 6.41. The monoisotopic (exact) mass is 432 g/mol. The van der Waals surface area contributed by atoms with Crippen LogP contribution < -0.4 is 10.8 Å². The van der Waals surface area contributed by atoms with Crippen molar-refractivity contribution in [1.29, 1.82) is 0 Å². The van der Waals surface area contributed by atoms with Gasteiger partial charge in [0.2, 0.25) is 5.91 Å². The van der Waals surface area contributed by atoms with E-state index < -0.39 is 5.91 Å². The molecule has 0 saturated heterocycles. The molecule has 0 aromatic heterocycles. The molecular weight excluding hydrogens is 408 g/mol. The van der Waals surface area contributed by atoms with E-state index in [-0.39, 0.29) is 12.3 Å². The lowest BCUT2D eigenvalue weighted by atomic mass is 10.0. The fourth-order valence-electron chi connectivity index (χ4n) is 2.75. The zero-order valence-electron chi connectivity index (χ0n) is 16.3. The Labute approximate surface area is 180 Å². The Morgan fingerprint density at radius 1 is 1.07 bits per heavy atom. The summed E-state index contributed by atoms with van der Waals surface area (Å²) in [5, 5.41) is 11.9. The first-order valence-corrected chi connectivity index (χ1v) is 11.0. The van der Waals surface area contributed by atoms with Crippen LogP contribution in [0, 0.1) is 0 Å². The summed E-state index contributed by atoms with van der Waals surface area (Å²) in [6.07, 6.45) is 6.28. The van der Waals surface area contributed by atoms with Crippen molar-refractivity contribution in [3.63, 3.8) is 0 Å². The highest BCUT2D eigenvalue weighted by Crippen LogP contribution is 2.26. The molecule has 2 amide bonds. The highest BCUT2D eigenvalue weighted by Gasteiger charge is 2.14. The molecular formula is C22H25ClN2O3S. The Bertz CT molecular complexity index is 853. The minimum Gasteiger partial charge on any atom is -0.352 e. The predicted molar refractivity (Wildman–Crippen MR) is 119 cm³/mol. The molecule has 0 bridgehead atoms. The molecule has 0 aliphatic rings. The average Bonchev–Trinajstić information content (AvgIpc) is 2.75. The largest absolute Gasteiger partial charge is 0.352 e. The standard InChI is InChI=1S/C22H25ClN2O3S/c1-29-17-12-10-16(11-13-17)15-19(18-7-4-5-8-20(18)23)22(27)24-14-6-2-3-9-21(26)25-28/h4-5,7-8,10-13,15,28H,2-3,6,9,14H2,1H3,(H,24,27)(H,25,26). The third-order valence-corrected chi connectivity index (χ3v) is 5.40. The van der Waals surface area contributed by atoms with Crippen molar-refractivity contribution in [2.45, 2.75) is 30.6 Å². The number of hydrogen-bond acceptors (Lipinski definition) is 4. The molecule has 0 spiro atoms. The van der Waals surface area contributed by atoms with Crippen molar-refractivity contribution in [3.05, 3.63) is 64.7 Å². The molecule has 7 heteroatoms. The van der Waals surface area contributed by atoms with Crippen LogP contribution in [0.4, 0.5) is 0 Å². The highest BCUT2D eigenvalue weighted by atomic mass is 35.5. The molecule has 0 heterocycles. The smallest absolute Gasteiger partial charge is 0.251 e. The van der Waals surface area contributed by atoms with Crippen LogP contribution in [0.15, 0.2) is 53.4 Å². The molecule has 0 radical (unpaired) electrons. The number of unbranched alkanes of at least 4 members (excludes halogenated alkanes) is 2. The van der Waals surface area contributed by atoms with Crippen LogP contribution in [0.25, 0.3) is 11.6 Å². The first-order chi connectivity index (χ1) is 14.0. The number of carbonyl (C=O) groups excluding carboxylic acids is 2. The van der Waals surface area contributed by atoms with Gasteiger partial charge in [0.25, 0.3) is 5.91 Å². The van der Waals surface area contributed by atoms with Crippen LogP contribution in [0.3, 0.4) is 0 Å². The Balaban J connectivity index is 2.07. The number of benzene rings is 2. The number of hydroxylamine groups is 1. The van der Waals surface area contributed by atoms with E-state index in [1.165, 1.54) is 0 Å². The van der Waals surface area contributed by atoms with Crippen molar-refractivity contribution in [3.8, 4) is 0 Å². The summed E-state index contributed by atoms with van der Waals surface area (Å²) in [4.78, 5) is 25.0. The fourth-order valence-corrected chi connectivity index (χ4v) is 3.40. The van der Waals surface area contributed by atoms with E-state index in [2.05, 4.69) is 5.32 Å². The van der Waals surface area contributed by atoms with E-state index in [0.717, 1.165) is 23.3 Å². The maximum atomic E-state index is 12.9. The summed E-state index contributed by atoms with van der Waals surface area (Å²) < 4.78 is 0. The summed E-state index contributed by atoms with van der Waals surface area (Å²) in [5.41, 5.74) is 3.72. The molecule has 0 unspecified atom stereocenters. The van der Waals surface area contributed by atoms with Gasteiger partial charge in [0.15, 0.2) is 0 Å². The summed E-state index contributed by atoms with van der Waals surface area (Å²) >= 11 is 8.00. The summed E-state index contributed by atoms with van der Waals surface area (Å²) in [5.74, 6) is -0.592. The van der Waals surface area contributed by atoms with Crippen LogP contribution in [-0.2, 0) is 9.59 Å². The predicted octanol–water partition coefficient (Wildman–Crippen LogP) is 4.78. The van der Waals surface area contributed by atoms with Gasteiger partial charge in [-0.1, -0.05) is 48.4 Å². The molecule has 0 aliphatic heterocycles. The minimum absolute atomic E-state index is 0.194. The first-order valence-electron chi connectivity index (χ1n) is 9.37. The molecule has 0 aliphatic carbocycles. The van der Waals surface area contributed by atoms with Gasteiger partial charge in [-0.05, 0) is 48.9 Å². The van der Waals surface area contributed by atoms with Crippen molar-refractivity contribution in [2.75, 3.05) is 12.8 Å². The third-order valence-electron chi connectivity index (χ3n) is 4.33. The first kappa shape index (κ1) is 23.0. The van der Waals surface area contributed by atoms with E-state index in [9.17, 15) is 9.59 Å². The van der Waals surface area contributed by atoms with Crippen LogP contribution in [0.2, 0.25) is 5.02 Å². The van der Waals surface area contributed by atoms with Gasteiger partial charge in [0.1, 0.15) is 0 Å². The van der Waals surface area contributed by atoms with Crippen molar-refractivity contribution in [2.24, 2.45) is 0 Å². The second kappa shape index (κ2) is 12.3. The molecule has 0 fully saturated rings. The highest BCUT2D eigenvalue weighted by molar-refractivity contribution is 7.98. The number of hydrogen-bond donors (Lipinski definition) is 3. The van der Waals surface area contributed by atoms with Crippen molar-refractivity contribution < 1.29 is 14.8 Å². The summed E-state index contributed by atoms with van der Waals surface area (Å²) in [7, 11) is 0. The molecule has 2 aromatic carbocycles. The Kier molecular flexibility index (Phi) is 9.77. The quantitative estimate of drug-likeness (QED) is 0.126. The van der Waals surface area contributed by atoms with Gasteiger partial charge in [-0.15, -0.1) is 11.8 Å². The lowest BCUT2D eigenvalue weighted by Gasteiger charge is -2.11. The third kappa shape index (κ3) is 7.57. The van der Waals surface area contributed by atoms with Crippen LogP contribution in [-0.4, -0.2) is 29.8 Å². The Morgan fingerprint density at radius 2 is 1.79 bits per heavy atom. The van der Waals surface area contributed by atoms with E-state index in [4.69, 9.17) is 16.8 Å². The number of halogens is 1. The van der Waals surface area contributed by atoms with E-state index >= 15 is 0 Å². The summed E-state index contributed by atoms with van der Waals surface area (Å²) in [6, 6.07) is 15.3. The van der Waals surface area contributed by atoms with Crippen LogP contribution in [0.1, 0.15) is 36.8 Å². The zero-order chi connectivity index (χ0) is 21.1. The van der Waals surface area contributed by atoms with E-state index in [0.29, 0.717) is 29.1 Å². The second-order valence-corrected chi connectivity index (χ2v) is 7.70. The summed E-state index contributed by atoms with van der Waals surface area (Å²) in [6.45, 7) is 0.493. The number of amides is 2. The fraction of sp³-hybridized carbons (Fsp3) is 0.273. The SMILES string of the molecule is CSc1ccc(C=C(C(=O)NCCCCCC(=O)NO)c2ccccc2Cl)cc1. The molecule has 2 rings (SSSR count). The number of carbonyl (C=O) groups is 2. The molecule has 154 valence electrons. The van der Waals surface area contributed by atoms with E-state index in [1.54, 1.807) is 23.3 Å². The lowest BCUT2D eigenvalue weighted by molar-refractivity contribution is -0.129. The van der Waals surface area contributed by atoms with Gasteiger partial charge in [0.05, 0.1) is 0 Å². The Hall–Kier alpha value is -2.28. The van der Waals surface area contributed by atoms with Gasteiger partial charge < -0.3 is 5.32 Å². The topological polar surface area (TPSA) is 78.4 Å². The number of nitrogens with one attached hydrogen (secondary N) is 2. The normalized spacial score (nSPS) is 11.2. The van der Waals surface area contributed by atoms with Crippen molar-refractivity contribution in [1.82, 2.24) is 10.8 Å². The van der Waals surface area contributed by atoms with Gasteiger partial charge in [-0.2, -0.15) is 0 Å². The molecule has 0 atom stereocenters. The van der Waals surface area contributed by atoms with Crippen LogP contribution >= 0.6 is 23.4 Å². The van der Waals surface area contributed by atoms with Crippen molar-refractivity contribution >= 4 is 46.8 Å². The number of thioether (sulfide) groups is 1. The van der Waals surface area contributed by atoms with Gasteiger partial charge in [-0.25, -0.2) is 5.48 Å². The maximum Gasteiger partial charge on any atom is 0.251 e. The molecule has 0 saturated carbocycles. The zero-order valence-corrected chi connectivity index (χ0v) is 17.9. The van der Waals surface area contributed by atoms with Gasteiger partial charge >= 0.3 is 0 Å². The lowest BCUT2D eigenvalue weighted by Crippen LogP contribution is -2.25. The molecule has 29 heavy (non-hydrogen) atoms. The number of rotatable bonds is 10. The van der Waals surface area contributed by atoms with E-state index in [1.807, 2.05) is 54.8 Å². The average molecular weight is 433 g/mol. The van der Waals surface area contributed by atoms with Crippen LogP contribution in [0.5, 0.6) is 0 Å². The van der Waals surface area contributed by atoms with Gasteiger partial charge in [-0.3, -0.25) is 14.8 Å². The molecule has 2 aromatic rings. The molecule has 3 N–H and O–H groups in total. The van der Waals surface area contributed by atoms with Gasteiger partial charge in [0, 0.05) is 34.0 Å². The minimum atomic E-state index is -0.398. The molecule has 5 nitrogen and oxygen atoms in total.